The minimum atomic E-state index is -0.0618. The monoisotopic (exact) mass is 545 g/mol. The van der Waals surface area contributed by atoms with Crippen LogP contribution < -0.4 is 16.0 Å². The van der Waals surface area contributed by atoms with Gasteiger partial charge in [-0.2, -0.15) is 0 Å². The second-order valence-corrected chi connectivity index (χ2v) is 6.48. The first-order valence-electron chi connectivity index (χ1n) is 8.65. The molecular weight excluding hydrogens is 521 g/mol. The molecule has 1 amide bonds. The molecule has 1 aromatic carbocycles. The molecule has 2 aromatic rings. The first-order valence-corrected chi connectivity index (χ1v) is 9.44. The number of nitrogens with one attached hydrogen (secondary N) is 3. The topological polar surface area (TPSA) is 78.4 Å². The Morgan fingerprint density at radius 2 is 1.81 bits per heavy atom. The zero-order valence-corrected chi connectivity index (χ0v) is 19.2. The van der Waals surface area contributed by atoms with Crippen LogP contribution in [0.5, 0.6) is 0 Å². The highest BCUT2D eigenvalue weighted by Crippen LogP contribution is 2.10. The molecule has 0 aliphatic rings. The Hall–Kier alpha value is -1.68. The van der Waals surface area contributed by atoms with E-state index in [2.05, 4.69) is 41.9 Å². The fourth-order valence-corrected chi connectivity index (χ4v) is 2.46. The minimum Gasteiger partial charge on any atom is -0.357 e. The van der Waals surface area contributed by atoms with Crippen LogP contribution in [0.15, 0.2) is 58.1 Å². The van der Waals surface area contributed by atoms with E-state index in [0.717, 1.165) is 29.1 Å². The number of guanidine groups is 1. The molecule has 0 saturated carbocycles. The first-order chi connectivity index (χ1) is 12.7. The van der Waals surface area contributed by atoms with Gasteiger partial charge in [-0.05, 0) is 49.7 Å². The van der Waals surface area contributed by atoms with Gasteiger partial charge in [0.15, 0.2) is 5.96 Å². The average Bonchev–Trinajstić information content (AvgIpc) is 2.67. The summed E-state index contributed by atoms with van der Waals surface area (Å²) in [6.45, 7) is 4.65. The second-order valence-electron chi connectivity index (χ2n) is 5.56. The standard InChI is InChI=1S/C19H24BrN5O.HI/c1-2-21-19(25-14-17-6-3-4-11-22-17)24-13-5-12-23-18(26)15-7-9-16(20)10-8-15;/h3-4,6-11H,2,5,12-14H2,1H3,(H,23,26)(H2,21,24,25);1H. The van der Waals surface area contributed by atoms with E-state index in [0.29, 0.717) is 25.2 Å². The van der Waals surface area contributed by atoms with E-state index in [-0.39, 0.29) is 29.9 Å². The fraction of sp³-hybridized carbons (Fsp3) is 0.316. The van der Waals surface area contributed by atoms with Crippen molar-refractivity contribution in [1.29, 1.82) is 0 Å². The zero-order chi connectivity index (χ0) is 18.6. The first kappa shape index (κ1) is 23.4. The van der Waals surface area contributed by atoms with Crippen molar-refractivity contribution in [3.05, 3.63) is 64.4 Å². The Bertz CT molecular complexity index is 710. The summed E-state index contributed by atoms with van der Waals surface area (Å²) in [6.07, 6.45) is 2.57. The van der Waals surface area contributed by atoms with Crippen molar-refractivity contribution in [3.63, 3.8) is 0 Å². The molecule has 0 atom stereocenters. The molecule has 6 nitrogen and oxygen atoms in total. The molecular formula is C19H25BrIN5O. The normalized spacial score (nSPS) is 10.7. The van der Waals surface area contributed by atoms with Crippen molar-refractivity contribution in [3.8, 4) is 0 Å². The van der Waals surface area contributed by atoms with Gasteiger partial charge in [0.25, 0.3) is 5.91 Å². The lowest BCUT2D eigenvalue weighted by atomic mass is 10.2. The lowest BCUT2D eigenvalue weighted by molar-refractivity contribution is 0.0953. The van der Waals surface area contributed by atoms with Gasteiger partial charge in [-0.15, -0.1) is 24.0 Å². The Morgan fingerprint density at radius 3 is 2.48 bits per heavy atom. The summed E-state index contributed by atoms with van der Waals surface area (Å²) in [5.74, 6) is 0.686. The van der Waals surface area contributed by atoms with Crippen LogP contribution in [0.25, 0.3) is 0 Å². The highest BCUT2D eigenvalue weighted by atomic mass is 127. The smallest absolute Gasteiger partial charge is 0.251 e. The Labute approximate surface area is 185 Å². The molecule has 0 unspecified atom stereocenters. The Balaban J connectivity index is 0.00000364. The molecule has 0 radical (unpaired) electrons. The van der Waals surface area contributed by atoms with Gasteiger partial charge in [0.05, 0.1) is 12.2 Å². The number of pyridine rings is 1. The highest BCUT2D eigenvalue weighted by molar-refractivity contribution is 14.0. The third-order valence-corrected chi connectivity index (χ3v) is 4.04. The highest BCUT2D eigenvalue weighted by Gasteiger charge is 2.04. The van der Waals surface area contributed by atoms with Gasteiger partial charge in [-0.1, -0.05) is 22.0 Å². The fourth-order valence-electron chi connectivity index (χ4n) is 2.19. The van der Waals surface area contributed by atoms with Crippen LogP contribution in [0.4, 0.5) is 0 Å². The van der Waals surface area contributed by atoms with Crippen molar-refractivity contribution in [2.24, 2.45) is 4.99 Å². The number of carbonyl (C=O) groups is 1. The summed E-state index contributed by atoms with van der Waals surface area (Å²) in [7, 11) is 0. The predicted octanol–water partition coefficient (Wildman–Crippen LogP) is 3.34. The molecule has 2 rings (SSSR count). The van der Waals surface area contributed by atoms with Gasteiger partial charge in [0.2, 0.25) is 0 Å². The lowest BCUT2D eigenvalue weighted by Crippen LogP contribution is -2.38. The summed E-state index contributed by atoms with van der Waals surface area (Å²) in [5.41, 5.74) is 1.58. The summed E-state index contributed by atoms with van der Waals surface area (Å²) in [6, 6.07) is 13.1. The Morgan fingerprint density at radius 1 is 1.07 bits per heavy atom. The number of nitrogens with zero attached hydrogens (tertiary/aromatic N) is 2. The number of hydrogen-bond donors (Lipinski definition) is 3. The van der Waals surface area contributed by atoms with Crippen molar-refractivity contribution >= 4 is 51.8 Å². The maximum atomic E-state index is 12.0. The number of aromatic nitrogens is 1. The number of halogens is 2. The lowest BCUT2D eigenvalue weighted by Gasteiger charge is -2.11. The quantitative estimate of drug-likeness (QED) is 0.206. The minimum absolute atomic E-state index is 0. The van der Waals surface area contributed by atoms with Gasteiger partial charge in [-0.25, -0.2) is 4.99 Å². The van der Waals surface area contributed by atoms with Crippen molar-refractivity contribution in [2.75, 3.05) is 19.6 Å². The number of aliphatic imine (C=N–C) groups is 1. The van der Waals surface area contributed by atoms with Crippen LogP contribution in [0, 0.1) is 0 Å². The number of benzene rings is 1. The maximum Gasteiger partial charge on any atom is 0.251 e. The number of hydrogen-bond acceptors (Lipinski definition) is 3. The van der Waals surface area contributed by atoms with Gasteiger partial charge >= 0.3 is 0 Å². The van der Waals surface area contributed by atoms with Crippen LogP contribution in [0.3, 0.4) is 0 Å². The van der Waals surface area contributed by atoms with Crippen LogP contribution in [0.1, 0.15) is 29.4 Å². The summed E-state index contributed by atoms with van der Waals surface area (Å²) in [5, 5.41) is 9.39. The van der Waals surface area contributed by atoms with Gasteiger partial charge in [0.1, 0.15) is 0 Å². The Kier molecular flexibility index (Phi) is 11.7. The number of rotatable bonds is 8. The van der Waals surface area contributed by atoms with Gasteiger partial charge in [0, 0.05) is 35.9 Å². The summed E-state index contributed by atoms with van der Waals surface area (Å²) >= 11 is 3.36. The molecule has 1 aromatic heterocycles. The van der Waals surface area contributed by atoms with Gasteiger partial charge in [-0.3, -0.25) is 9.78 Å². The van der Waals surface area contributed by atoms with Crippen LogP contribution in [0.2, 0.25) is 0 Å². The molecule has 8 heteroatoms. The average molecular weight is 546 g/mol. The predicted molar refractivity (Wildman–Crippen MR) is 124 cm³/mol. The third-order valence-electron chi connectivity index (χ3n) is 3.51. The number of amides is 1. The van der Waals surface area contributed by atoms with E-state index in [4.69, 9.17) is 0 Å². The van der Waals surface area contributed by atoms with Crippen LogP contribution >= 0.6 is 39.9 Å². The van der Waals surface area contributed by atoms with E-state index >= 15 is 0 Å². The molecule has 0 bridgehead atoms. The number of carbonyl (C=O) groups excluding carboxylic acids is 1. The zero-order valence-electron chi connectivity index (χ0n) is 15.2. The van der Waals surface area contributed by atoms with E-state index in [1.165, 1.54) is 0 Å². The largest absolute Gasteiger partial charge is 0.357 e. The van der Waals surface area contributed by atoms with E-state index in [1.807, 2.05) is 37.3 Å². The molecule has 27 heavy (non-hydrogen) atoms. The molecule has 0 aliphatic heterocycles. The molecule has 0 fully saturated rings. The van der Waals surface area contributed by atoms with E-state index < -0.39 is 0 Å². The van der Waals surface area contributed by atoms with E-state index in [1.54, 1.807) is 18.3 Å². The molecule has 0 aliphatic carbocycles. The SMILES string of the molecule is CCNC(=NCc1ccccn1)NCCCNC(=O)c1ccc(Br)cc1.I. The molecule has 1 heterocycles. The third kappa shape index (κ3) is 9.18. The van der Waals surface area contributed by atoms with Crippen LogP contribution in [-0.2, 0) is 6.54 Å². The summed E-state index contributed by atoms with van der Waals surface area (Å²) < 4.78 is 0.958. The maximum absolute atomic E-state index is 12.0. The van der Waals surface area contributed by atoms with E-state index in [9.17, 15) is 4.79 Å². The molecule has 146 valence electrons. The van der Waals surface area contributed by atoms with Crippen molar-refractivity contribution < 1.29 is 4.79 Å². The molecule has 0 spiro atoms. The molecule has 3 N–H and O–H groups in total. The van der Waals surface area contributed by atoms with Crippen LogP contribution in [-0.4, -0.2) is 36.5 Å². The van der Waals surface area contributed by atoms with Crippen molar-refractivity contribution in [2.45, 2.75) is 19.9 Å². The second kappa shape index (κ2) is 13.5. The van der Waals surface area contributed by atoms with Gasteiger partial charge < -0.3 is 16.0 Å². The molecule has 0 saturated heterocycles. The van der Waals surface area contributed by atoms with Crippen molar-refractivity contribution in [1.82, 2.24) is 20.9 Å². The summed E-state index contributed by atoms with van der Waals surface area (Å²) in [4.78, 5) is 20.8.